The van der Waals surface area contributed by atoms with Crippen molar-refractivity contribution in [2.24, 2.45) is 5.73 Å². The minimum Gasteiger partial charge on any atom is -0.490 e. The van der Waals surface area contributed by atoms with Gasteiger partial charge in [0.1, 0.15) is 24.6 Å². The molecule has 0 aromatic heterocycles. The van der Waals surface area contributed by atoms with Gasteiger partial charge in [-0.25, -0.2) is 4.39 Å². The van der Waals surface area contributed by atoms with Crippen molar-refractivity contribution in [3.8, 4) is 5.75 Å². The second-order valence-corrected chi connectivity index (χ2v) is 5.36. The van der Waals surface area contributed by atoms with Crippen molar-refractivity contribution in [1.29, 1.82) is 0 Å². The molecule has 0 saturated heterocycles. The van der Waals surface area contributed by atoms with Crippen LogP contribution in [0.25, 0.3) is 0 Å². The highest BCUT2D eigenvalue weighted by molar-refractivity contribution is 14.1. The van der Waals surface area contributed by atoms with Crippen LogP contribution in [-0.4, -0.2) is 29.9 Å². The van der Waals surface area contributed by atoms with Gasteiger partial charge in [0.2, 0.25) is 0 Å². The number of aliphatic carboxylic acids is 1. The van der Waals surface area contributed by atoms with Gasteiger partial charge in [-0.2, -0.15) is 0 Å². The third-order valence-electron chi connectivity index (χ3n) is 2.39. The van der Waals surface area contributed by atoms with E-state index in [1.54, 1.807) is 18.2 Å². The molecule has 0 aliphatic rings. The van der Waals surface area contributed by atoms with Crippen molar-refractivity contribution in [2.75, 3.05) is 13.3 Å². The van der Waals surface area contributed by atoms with Crippen molar-refractivity contribution >= 4 is 28.6 Å². The van der Waals surface area contributed by atoms with E-state index in [4.69, 9.17) is 15.6 Å². The van der Waals surface area contributed by atoms with E-state index in [2.05, 4.69) is 22.6 Å². The summed E-state index contributed by atoms with van der Waals surface area (Å²) in [5.41, 5.74) is 5.18. The smallest absolute Gasteiger partial charge is 0.323 e. The number of hydrogen-bond acceptors (Lipinski definition) is 3. The topological polar surface area (TPSA) is 72.5 Å². The molecule has 0 radical (unpaired) electrons. The highest BCUT2D eigenvalue weighted by Gasteiger charge is 2.28. The predicted octanol–water partition coefficient (Wildman–Crippen LogP) is 1.98. The maximum absolute atomic E-state index is 12.0. The van der Waals surface area contributed by atoms with Crippen molar-refractivity contribution in [3.05, 3.63) is 27.3 Å². The Kier molecular flexibility index (Phi) is 5.33. The van der Waals surface area contributed by atoms with E-state index in [-0.39, 0.29) is 13.0 Å². The number of carboxylic acids is 1. The molecule has 0 heterocycles. The van der Waals surface area contributed by atoms with Crippen LogP contribution in [-0.2, 0) is 11.2 Å². The van der Waals surface area contributed by atoms with E-state index < -0.39 is 18.2 Å². The summed E-state index contributed by atoms with van der Waals surface area (Å²) in [5.74, 6) is -0.457. The van der Waals surface area contributed by atoms with E-state index in [0.717, 1.165) is 9.13 Å². The summed E-state index contributed by atoms with van der Waals surface area (Å²) in [6.07, 6.45) is 0.224. The molecule has 0 unspecified atom stereocenters. The van der Waals surface area contributed by atoms with Crippen LogP contribution in [0.1, 0.15) is 12.5 Å². The maximum Gasteiger partial charge on any atom is 0.323 e. The van der Waals surface area contributed by atoms with Gasteiger partial charge in [-0.05, 0) is 47.2 Å². The number of carbonyl (C=O) groups is 1. The number of hydrogen-bond donors (Lipinski definition) is 2. The minimum absolute atomic E-state index is 0.0130. The monoisotopic (exact) mass is 367 g/mol. The fourth-order valence-corrected chi connectivity index (χ4v) is 2.16. The zero-order valence-electron chi connectivity index (χ0n) is 9.95. The Bertz CT molecular complexity index is 437. The number of carboxylic acid groups (broad SMARTS) is 1. The molecule has 0 aliphatic carbocycles. The molecule has 6 heteroatoms. The van der Waals surface area contributed by atoms with E-state index in [9.17, 15) is 9.18 Å². The molecule has 0 amide bonds. The largest absolute Gasteiger partial charge is 0.490 e. The number of ether oxygens (including phenoxy) is 1. The quantitative estimate of drug-likeness (QED) is 0.755. The first-order valence-electron chi connectivity index (χ1n) is 5.36. The number of alkyl halides is 1. The summed E-state index contributed by atoms with van der Waals surface area (Å²) in [7, 11) is 0. The van der Waals surface area contributed by atoms with Crippen LogP contribution in [0.15, 0.2) is 18.2 Å². The Balaban J connectivity index is 2.81. The van der Waals surface area contributed by atoms with E-state index in [1.807, 2.05) is 0 Å². The van der Waals surface area contributed by atoms with Crippen LogP contribution in [0.3, 0.4) is 0 Å². The van der Waals surface area contributed by atoms with E-state index in [0.29, 0.717) is 5.75 Å². The molecule has 0 saturated carbocycles. The van der Waals surface area contributed by atoms with Crippen LogP contribution in [0.4, 0.5) is 4.39 Å². The van der Waals surface area contributed by atoms with Gasteiger partial charge in [-0.1, -0.05) is 6.07 Å². The van der Waals surface area contributed by atoms with Gasteiger partial charge >= 0.3 is 5.97 Å². The van der Waals surface area contributed by atoms with Gasteiger partial charge in [0.25, 0.3) is 0 Å². The molecule has 18 heavy (non-hydrogen) atoms. The first-order valence-corrected chi connectivity index (χ1v) is 6.44. The lowest BCUT2D eigenvalue weighted by atomic mass is 9.94. The molecule has 1 aromatic carbocycles. The average molecular weight is 367 g/mol. The number of rotatable bonds is 6. The van der Waals surface area contributed by atoms with Gasteiger partial charge < -0.3 is 15.6 Å². The maximum atomic E-state index is 12.0. The number of benzene rings is 1. The lowest BCUT2D eigenvalue weighted by Gasteiger charge is -2.19. The standard InChI is InChI=1S/C12H15FINO3/c1-12(15,11(16)17)7-8-2-3-10(9(14)6-8)18-5-4-13/h2-3,6H,4-5,7,15H2,1H3,(H,16,17)/t12-/m0/s1. The lowest BCUT2D eigenvalue weighted by Crippen LogP contribution is -2.46. The Labute approximate surface area is 118 Å². The Morgan fingerprint density at radius 3 is 2.78 bits per heavy atom. The first-order chi connectivity index (χ1) is 8.36. The molecule has 0 bridgehead atoms. The number of halogens is 2. The minimum atomic E-state index is -1.30. The first kappa shape index (κ1) is 15.2. The molecule has 1 aromatic rings. The molecule has 0 fully saturated rings. The second kappa shape index (κ2) is 6.33. The summed E-state index contributed by atoms with van der Waals surface area (Å²) >= 11 is 2.06. The van der Waals surface area contributed by atoms with Gasteiger partial charge in [0, 0.05) is 6.42 Å². The Morgan fingerprint density at radius 2 is 2.28 bits per heavy atom. The molecule has 3 N–H and O–H groups in total. The molecule has 0 spiro atoms. The van der Waals surface area contributed by atoms with Crippen LogP contribution in [0.5, 0.6) is 5.75 Å². The third-order valence-corrected chi connectivity index (χ3v) is 3.23. The van der Waals surface area contributed by atoms with Gasteiger partial charge in [0.05, 0.1) is 3.57 Å². The van der Waals surface area contributed by atoms with Crippen molar-refractivity contribution in [1.82, 2.24) is 0 Å². The molecule has 1 rings (SSSR count). The average Bonchev–Trinajstić information content (AvgIpc) is 2.27. The fraction of sp³-hybridized carbons (Fsp3) is 0.417. The summed E-state index contributed by atoms with van der Waals surface area (Å²) in [6.45, 7) is 0.937. The number of nitrogens with two attached hydrogens (primary N) is 1. The van der Waals surface area contributed by atoms with Crippen molar-refractivity contribution in [3.63, 3.8) is 0 Å². The second-order valence-electron chi connectivity index (χ2n) is 4.20. The summed E-state index contributed by atoms with van der Waals surface area (Å²) in [4.78, 5) is 10.9. The summed E-state index contributed by atoms with van der Waals surface area (Å²) in [5, 5.41) is 8.95. The zero-order chi connectivity index (χ0) is 13.8. The van der Waals surface area contributed by atoms with Crippen LogP contribution in [0, 0.1) is 3.57 Å². The van der Waals surface area contributed by atoms with Crippen molar-refractivity contribution < 1.29 is 19.0 Å². The van der Waals surface area contributed by atoms with E-state index in [1.165, 1.54) is 6.92 Å². The van der Waals surface area contributed by atoms with Crippen LogP contribution >= 0.6 is 22.6 Å². The van der Waals surface area contributed by atoms with Gasteiger partial charge in [-0.15, -0.1) is 0 Å². The molecule has 1 atom stereocenters. The third kappa shape index (κ3) is 4.09. The summed E-state index contributed by atoms with van der Waals surface area (Å²) < 4.78 is 18.0. The summed E-state index contributed by atoms with van der Waals surface area (Å²) in [6, 6.07) is 5.23. The normalized spacial score (nSPS) is 14.0. The van der Waals surface area contributed by atoms with Gasteiger partial charge in [0.15, 0.2) is 0 Å². The molecule has 0 aliphatic heterocycles. The molecule has 4 nitrogen and oxygen atoms in total. The SMILES string of the molecule is C[C@](N)(Cc1ccc(OCCF)c(I)c1)C(=O)O. The predicted molar refractivity (Wildman–Crippen MR) is 74.6 cm³/mol. The van der Waals surface area contributed by atoms with Crippen LogP contribution < -0.4 is 10.5 Å². The Morgan fingerprint density at radius 1 is 1.61 bits per heavy atom. The highest BCUT2D eigenvalue weighted by Crippen LogP contribution is 2.23. The highest BCUT2D eigenvalue weighted by atomic mass is 127. The van der Waals surface area contributed by atoms with Gasteiger partial charge in [-0.3, -0.25) is 4.79 Å². The molecular weight excluding hydrogens is 352 g/mol. The Hall–Kier alpha value is -0.890. The van der Waals surface area contributed by atoms with Crippen LogP contribution in [0.2, 0.25) is 0 Å². The molecule has 100 valence electrons. The zero-order valence-corrected chi connectivity index (χ0v) is 12.1. The lowest BCUT2D eigenvalue weighted by molar-refractivity contribution is -0.142. The fourth-order valence-electron chi connectivity index (χ4n) is 1.42. The van der Waals surface area contributed by atoms with E-state index >= 15 is 0 Å². The van der Waals surface area contributed by atoms with Crippen molar-refractivity contribution in [2.45, 2.75) is 18.9 Å². The molecular formula is C12H15FINO3.